The van der Waals surface area contributed by atoms with Crippen molar-refractivity contribution in [3.8, 4) is 11.5 Å². The molecular formula is C22H29NO5S. The number of aryl methyl sites for hydroxylation is 1. The van der Waals surface area contributed by atoms with Crippen LogP contribution < -0.4 is 9.47 Å². The van der Waals surface area contributed by atoms with E-state index in [0.29, 0.717) is 19.5 Å². The van der Waals surface area contributed by atoms with Crippen LogP contribution in [0.1, 0.15) is 17.5 Å². The summed E-state index contributed by atoms with van der Waals surface area (Å²) in [6.07, 6.45) is -0.152. The van der Waals surface area contributed by atoms with E-state index in [1.165, 1.54) is 0 Å². The fourth-order valence-corrected chi connectivity index (χ4v) is 5.40. The Kier molecular flexibility index (Phi) is 7.16. The van der Waals surface area contributed by atoms with Crippen molar-refractivity contribution in [3.63, 3.8) is 0 Å². The van der Waals surface area contributed by atoms with Gasteiger partial charge in [0, 0.05) is 19.1 Å². The molecule has 2 aromatic rings. The average Bonchev–Trinajstić information content (AvgIpc) is 3.07. The topological polar surface area (TPSA) is 76.1 Å². The first-order valence-corrected chi connectivity index (χ1v) is 11.6. The fourth-order valence-electron chi connectivity index (χ4n) is 3.64. The molecule has 3 rings (SSSR count). The molecule has 1 N–H and O–H groups in total. The first-order chi connectivity index (χ1) is 13.9. The Morgan fingerprint density at radius 2 is 2.00 bits per heavy atom. The number of nitrogens with zero attached hydrogens (tertiary/aromatic N) is 1. The molecule has 1 saturated heterocycles. The average molecular weight is 420 g/mol. The zero-order valence-corrected chi connectivity index (χ0v) is 17.8. The van der Waals surface area contributed by atoms with Crippen molar-refractivity contribution >= 4 is 9.84 Å². The second-order valence-electron chi connectivity index (χ2n) is 7.57. The van der Waals surface area contributed by atoms with Crippen molar-refractivity contribution in [1.29, 1.82) is 0 Å². The summed E-state index contributed by atoms with van der Waals surface area (Å²) in [7, 11) is -1.40. The van der Waals surface area contributed by atoms with Gasteiger partial charge in [-0.25, -0.2) is 8.42 Å². The Labute approximate surface area is 173 Å². The molecule has 2 aromatic carbocycles. The summed E-state index contributed by atoms with van der Waals surface area (Å²) in [5.41, 5.74) is 2.02. The predicted molar refractivity (Wildman–Crippen MR) is 113 cm³/mol. The van der Waals surface area contributed by atoms with Crippen LogP contribution in [-0.2, 0) is 16.4 Å². The molecule has 2 atom stereocenters. The van der Waals surface area contributed by atoms with Gasteiger partial charge in [0.2, 0.25) is 0 Å². The van der Waals surface area contributed by atoms with E-state index in [9.17, 15) is 13.5 Å². The third-order valence-corrected chi connectivity index (χ3v) is 6.97. The van der Waals surface area contributed by atoms with Crippen LogP contribution in [0.4, 0.5) is 0 Å². The van der Waals surface area contributed by atoms with E-state index in [2.05, 4.69) is 0 Å². The molecule has 0 radical (unpaired) electrons. The molecule has 1 fully saturated rings. The van der Waals surface area contributed by atoms with Crippen molar-refractivity contribution in [2.75, 3.05) is 31.8 Å². The highest BCUT2D eigenvalue weighted by Gasteiger charge is 2.33. The van der Waals surface area contributed by atoms with Crippen molar-refractivity contribution in [2.24, 2.45) is 0 Å². The zero-order chi connectivity index (χ0) is 20.9. The molecule has 0 amide bonds. The smallest absolute Gasteiger partial charge is 0.151 e. The van der Waals surface area contributed by atoms with Crippen molar-refractivity contribution < 1.29 is 23.0 Å². The van der Waals surface area contributed by atoms with E-state index < -0.39 is 15.9 Å². The van der Waals surface area contributed by atoms with Gasteiger partial charge in [-0.05, 0) is 42.7 Å². The molecule has 29 heavy (non-hydrogen) atoms. The van der Waals surface area contributed by atoms with E-state index in [4.69, 9.17) is 9.47 Å². The summed E-state index contributed by atoms with van der Waals surface area (Å²) < 4.78 is 35.1. The molecule has 1 aliphatic rings. The number of rotatable bonds is 9. The van der Waals surface area contributed by atoms with Gasteiger partial charge in [0.25, 0.3) is 0 Å². The van der Waals surface area contributed by atoms with Gasteiger partial charge < -0.3 is 14.6 Å². The van der Waals surface area contributed by atoms with Crippen LogP contribution in [0.2, 0.25) is 0 Å². The number of hydrogen-bond donors (Lipinski definition) is 1. The molecule has 6 nitrogen and oxygen atoms in total. The molecule has 158 valence electrons. The number of hydrogen-bond acceptors (Lipinski definition) is 6. The van der Waals surface area contributed by atoms with Crippen molar-refractivity contribution in [1.82, 2.24) is 4.90 Å². The van der Waals surface area contributed by atoms with Crippen LogP contribution in [-0.4, -0.2) is 62.3 Å². The van der Waals surface area contributed by atoms with Gasteiger partial charge in [-0.2, -0.15) is 0 Å². The highest BCUT2D eigenvalue weighted by atomic mass is 32.2. The summed E-state index contributed by atoms with van der Waals surface area (Å²) in [6.45, 7) is 2.99. The number of sulfone groups is 1. The van der Waals surface area contributed by atoms with Crippen LogP contribution in [0, 0.1) is 6.92 Å². The summed E-state index contributed by atoms with van der Waals surface area (Å²) in [5, 5.41) is 10.6. The second-order valence-corrected chi connectivity index (χ2v) is 9.80. The third-order valence-electron chi connectivity index (χ3n) is 5.21. The molecular weight excluding hydrogens is 390 g/mol. The number of ether oxygens (including phenoxy) is 2. The molecule has 1 heterocycles. The van der Waals surface area contributed by atoms with Gasteiger partial charge in [-0.3, -0.25) is 4.90 Å². The Bertz CT molecular complexity index is 915. The number of para-hydroxylation sites is 1. The fraction of sp³-hybridized carbons (Fsp3) is 0.455. The predicted octanol–water partition coefficient (Wildman–Crippen LogP) is 2.43. The molecule has 0 saturated carbocycles. The Morgan fingerprint density at radius 3 is 2.69 bits per heavy atom. The molecule has 1 aliphatic heterocycles. The molecule has 2 unspecified atom stereocenters. The number of aliphatic hydroxyl groups excluding tert-OH is 1. The zero-order valence-electron chi connectivity index (χ0n) is 17.0. The molecule has 0 spiro atoms. The second kappa shape index (κ2) is 9.61. The Morgan fingerprint density at radius 1 is 1.21 bits per heavy atom. The minimum atomic E-state index is -3.02. The lowest BCUT2D eigenvalue weighted by molar-refractivity contribution is 0.0522. The SMILES string of the molecule is COc1cccc(CN(CC(O)COc2ccccc2C)C2CCS(=O)(=O)C2)c1. The van der Waals surface area contributed by atoms with E-state index >= 15 is 0 Å². The number of methoxy groups -OCH3 is 1. The van der Waals surface area contributed by atoms with Gasteiger partial charge in [0.15, 0.2) is 9.84 Å². The quantitative estimate of drug-likeness (QED) is 0.673. The summed E-state index contributed by atoms with van der Waals surface area (Å²) >= 11 is 0. The minimum absolute atomic E-state index is 0.112. The lowest BCUT2D eigenvalue weighted by Gasteiger charge is -2.30. The van der Waals surface area contributed by atoms with Gasteiger partial charge in [-0.15, -0.1) is 0 Å². The normalized spacial score (nSPS) is 19.2. The third kappa shape index (κ3) is 6.19. The minimum Gasteiger partial charge on any atom is -0.497 e. The Balaban J connectivity index is 1.68. The summed E-state index contributed by atoms with van der Waals surface area (Å²) in [5.74, 6) is 1.82. The van der Waals surface area contributed by atoms with Crippen LogP contribution in [0.25, 0.3) is 0 Å². The van der Waals surface area contributed by atoms with Gasteiger partial charge in [0.05, 0.1) is 18.6 Å². The largest absolute Gasteiger partial charge is 0.497 e. The highest BCUT2D eigenvalue weighted by Crippen LogP contribution is 2.22. The van der Waals surface area contributed by atoms with Crippen molar-refractivity contribution in [3.05, 3.63) is 59.7 Å². The molecule has 0 aromatic heterocycles. The van der Waals surface area contributed by atoms with Crippen LogP contribution in [0.15, 0.2) is 48.5 Å². The first-order valence-electron chi connectivity index (χ1n) is 9.80. The van der Waals surface area contributed by atoms with Gasteiger partial charge in [-0.1, -0.05) is 30.3 Å². The number of aliphatic hydroxyl groups is 1. The van der Waals surface area contributed by atoms with Gasteiger partial charge >= 0.3 is 0 Å². The van der Waals surface area contributed by atoms with Crippen LogP contribution in [0.3, 0.4) is 0 Å². The highest BCUT2D eigenvalue weighted by molar-refractivity contribution is 7.91. The van der Waals surface area contributed by atoms with Crippen LogP contribution >= 0.6 is 0 Å². The molecule has 0 aliphatic carbocycles. The maximum atomic E-state index is 12.0. The van der Waals surface area contributed by atoms with E-state index in [-0.39, 0.29) is 24.2 Å². The maximum absolute atomic E-state index is 12.0. The standard InChI is InChI=1S/C22H29NO5S/c1-17-6-3-4-9-22(17)28-15-20(24)14-23(19-10-11-29(25,26)16-19)13-18-7-5-8-21(12-18)27-2/h3-9,12,19-20,24H,10-11,13-16H2,1-2H3. The first kappa shape index (κ1) is 21.6. The van der Waals surface area contributed by atoms with E-state index in [1.807, 2.05) is 60.4 Å². The molecule has 7 heteroatoms. The maximum Gasteiger partial charge on any atom is 0.151 e. The summed E-state index contributed by atoms with van der Waals surface area (Å²) in [4.78, 5) is 2.05. The van der Waals surface area contributed by atoms with Crippen molar-refractivity contribution in [2.45, 2.75) is 32.0 Å². The van der Waals surface area contributed by atoms with E-state index in [0.717, 1.165) is 22.6 Å². The number of benzene rings is 2. The molecule has 0 bridgehead atoms. The monoisotopic (exact) mass is 419 g/mol. The summed E-state index contributed by atoms with van der Waals surface area (Å²) in [6, 6.07) is 15.3. The van der Waals surface area contributed by atoms with Crippen LogP contribution in [0.5, 0.6) is 11.5 Å². The van der Waals surface area contributed by atoms with Gasteiger partial charge in [0.1, 0.15) is 24.2 Å². The van der Waals surface area contributed by atoms with E-state index in [1.54, 1.807) is 7.11 Å². The lowest BCUT2D eigenvalue weighted by Crippen LogP contribution is -2.42. The Hall–Kier alpha value is -2.09. The lowest BCUT2D eigenvalue weighted by atomic mass is 10.1.